The number of azo groups is 1. The number of amides is 1. The van der Waals surface area contributed by atoms with Crippen molar-refractivity contribution in [1.82, 2.24) is 0 Å². The summed E-state index contributed by atoms with van der Waals surface area (Å²) < 4.78 is 0. The Balaban J connectivity index is 2.05. The molecule has 0 N–H and O–H groups in total. The largest absolute Gasteiger partial charge is 0.284 e. The van der Waals surface area contributed by atoms with Crippen LogP contribution in [0.1, 0.15) is 32.6 Å². The maximum Gasteiger partial charge on any atom is 0.284 e. The van der Waals surface area contributed by atoms with Crippen LogP contribution in [0.15, 0.2) is 32.0 Å². The predicted octanol–water partition coefficient (Wildman–Crippen LogP) is 2.25. The molecule has 15 heavy (non-hydrogen) atoms. The van der Waals surface area contributed by atoms with Gasteiger partial charge in [0.1, 0.15) is 11.4 Å². The number of rotatable bonds is 4. The van der Waals surface area contributed by atoms with Crippen molar-refractivity contribution in [3.63, 3.8) is 0 Å². The summed E-state index contributed by atoms with van der Waals surface area (Å²) in [4.78, 5) is 19.5. The second kappa shape index (κ2) is 4.25. The van der Waals surface area contributed by atoms with Crippen molar-refractivity contribution in [2.24, 2.45) is 20.2 Å². The third-order valence-corrected chi connectivity index (χ3v) is 2.28. The molecule has 2 aliphatic heterocycles. The number of carbonyl (C=O) groups is 1. The third kappa shape index (κ3) is 2.06. The zero-order valence-electron chi connectivity index (χ0n) is 8.60. The van der Waals surface area contributed by atoms with Gasteiger partial charge in [-0.2, -0.15) is 10.1 Å². The predicted molar refractivity (Wildman–Crippen MR) is 57.0 cm³/mol. The van der Waals surface area contributed by atoms with E-state index in [4.69, 9.17) is 0 Å². The van der Waals surface area contributed by atoms with Gasteiger partial charge >= 0.3 is 0 Å². The highest BCUT2D eigenvalue weighted by molar-refractivity contribution is 6.28. The first kappa shape index (κ1) is 9.89. The van der Waals surface area contributed by atoms with Gasteiger partial charge in [0.05, 0.1) is 6.20 Å². The smallest absolute Gasteiger partial charge is 0.266 e. The molecule has 78 valence electrons. The minimum atomic E-state index is -0.267. The van der Waals surface area contributed by atoms with Gasteiger partial charge in [0, 0.05) is 6.42 Å². The molecule has 5 nitrogen and oxygen atoms in total. The minimum absolute atomic E-state index is 0.267. The summed E-state index contributed by atoms with van der Waals surface area (Å²) in [5.41, 5.74) is 0.411. The number of hydrogen-bond donors (Lipinski definition) is 0. The highest BCUT2D eigenvalue weighted by Gasteiger charge is 2.24. The SMILES string of the molecule is CCCCCC1=NC(=O)C2=CN=NC2=N1. The monoisotopic (exact) mass is 204 g/mol. The number of amidine groups is 2. The maximum absolute atomic E-state index is 11.5. The fraction of sp³-hybridized carbons (Fsp3) is 0.500. The van der Waals surface area contributed by atoms with Crippen molar-refractivity contribution < 1.29 is 4.79 Å². The molecule has 0 aromatic rings. The van der Waals surface area contributed by atoms with Gasteiger partial charge in [0.25, 0.3) is 5.91 Å². The summed E-state index contributed by atoms with van der Waals surface area (Å²) in [6.07, 6.45) is 5.43. The van der Waals surface area contributed by atoms with Crippen LogP contribution in [0.25, 0.3) is 0 Å². The Labute approximate surface area is 87.7 Å². The molecule has 0 saturated carbocycles. The van der Waals surface area contributed by atoms with Crippen molar-refractivity contribution in [1.29, 1.82) is 0 Å². The molecule has 0 unspecified atom stereocenters. The lowest BCUT2D eigenvalue weighted by Crippen LogP contribution is -2.16. The van der Waals surface area contributed by atoms with E-state index in [-0.39, 0.29) is 5.91 Å². The maximum atomic E-state index is 11.5. The number of hydrogen-bond acceptors (Lipinski definition) is 4. The van der Waals surface area contributed by atoms with Crippen LogP contribution < -0.4 is 0 Å². The fourth-order valence-electron chi connectivity index (χ4n) is 1.46. The highest BCUT2D eigenvalue weighted by atomic mass is 16.1. The number of fused-ring (bicyclic) bond motifs is 1. The molecule has 0 atom stereocenters. The van der Waals surface area contributed by atoms with E-state index in [0.29, 0.717) is 17.2 Å². The molecule has 0 bridgehead atoms. The lowest BCUT2D eigenvalue weighted by atomic mass is 10.1. The molecule has 0 fully saturated rings. The fourth-order valence-corrected chi connectivity index (χ4v) is 1.46. The first-order valence-corrected chi connectivity index (χ1v) is 5.13. The third-order valence-electron chi connectivity index (χ3n) is 2.28. The quantitative estimate of drug-likeness (QED) is 0.647. The van der Waals surface area contributed by atoms with Crippen LogP contribution in [0.4, 0.5) is 0 Å². The summed E-state index contributed by atoms with van der Waals surface area (Å²) in [6, 6.07) is 0. The zero-order valence-corrected chi connectivity index (χ0v) is 8.60. The van der Waals surface area contributed by atoms with Gasteiger partial charge < -0.3 is 0 Å². The molecule has 2 heterocycles. The van der Waals surface area contributed by atoms with Gasteiger partial charge in [-0.05, 0) is 6.42 Å². The zero-order chi connectivity index (χ0) is 10.7. The van der Waals surface area contributed by atoms with Crippen molar-refractivity contribution in [2.75, 3.05) is 0 Å². The van der Waals surface area contributed by atoms with Gasteiger partial charge in [-0.25, -0.2) is 4.99 Å². The molecular weight excluding hydrogens is 192 g/mol. The van der Waals surface area contributed by atoms with E-state index < -0.39 is 0 Å². The summed E-state index contributed by atoms with van der Waals surface area (Å²) in [6.45, 7) is 2.13. The minimum Gasteiger partial charge on any atom is -0.266 e. The van der Waals surface area contributed by atoms with Crippen LogP contribution in [0.3, 0.4) is 0 Å². The average Bonchev–Trinajstić information content (AvgIpc) is 2.66. The van der Waals surface area contributed by atoms with E-state index in [0.717, 1.165) is 25.7 Å². The van der Waals surface area contributed by atoms with Gasteiger partial charge in [0.15, 0.2) is 5.84 Å². The molecule has 0 aliphatic carbocycles. The van der Waals surface area contributed by atoms with E-state index in [9.17, 15) is 4.79 Å². The van der Waals surface area contributed by atoms with Gasteiger partial charge in [-0.1, -0.05) is 19.8 Å². The first-order chi connectivity index (χ1) is 7.31. The van der Waals surface area contributed by atoms with E-state index in [1.807, 2.05) is 0 Å². The van der Waals surface area contributed by atoms with Crippen molar-refractivity contribution >= 4 is 17.6 Å². The molecular formula is C10H12N4O. The Bertz CT molecular complexity index is 404. The van der Waals surface area contributed by atoms with Crippen LogP contribution in [0, 0.1) is 0 Å². The standard InChI is InChI=1S/C10H12N4O/c1-2-3-4-5-8-12-9-7(6-11-14-9)10(15)13-8/h6H,2-5H2,1H3. The Morgan fingerprint density at radius 1 is 1.27 bits per heavy atom. The van der Waals surface area contributed by atoms with Crippen LogP contribution in [-0.4, -0.2) is 17.6 Å². The Morgan fingerprint density at radius 3 is 2.93 bits per heavy atom. The number of aliphatic imine (C=N–C) groups is 2. The van der Waals surface area contributed by atoms with E-state index in [1.54, 1.807) is 0 Å². The summed E-state index contributed by atoms with van der Waals surface area (Å²) in [5, 5.41) is 7.41. The summed E-state index contributed by atoms with van der Waals surface area (Å²) in [5.74, 6) is 0.736. The van der Waals surface area contributed by atoms with Crippen molar-refractivity contribution in [2.45, 2.75) is 32.6 Å². The first-order valence-electron chi connectivity index (χ1n) is 5.13. The van der Waals surface area contributed by atoms with Gasteiger partial charge in [-0.15, -0.1) is 5.11 Å². The Kier molecular flexibility index (Phi) is 2.80. The second-order valence-corrected chi connectivity index (χ2v) is 3.48. The second-order valence-electron chi connectivity index (χ2n) is 3.48. The average molecular weight is 204 g/mol. The van der Waals surface area contributed by atoms with Crippen LogP contribution in [0.2, 0.25) is 0 Å². The van der Waals surface area contributed by atoms with Crippen LogP contribution >= 0.6 is 0 Å². The van der Waals surface area contributed by atoms with E-state index in [2.05, 4.69) is 27.1 Å². The molecule has 0 radical (unpaired) electrons. The van der Waals surface area contributed by atoms with Gasteiger partial charge in [0.2, 0.25) is 0 Å². The topological polar surface area (TPSA) is 66.5 Å². The van der Waals surface area contributed by atoms with Crippen LogP contribution in [0.5, 0.6) is 0 Å². The normalized spacial score (nSPS) is 18.5. The lowest BCUT2D eigenvalue weighted by molar-refractivity contribution is -0.113. The van der Waals surface area contributed by atoms with Crippen molar-refractivity contribution in [3.8, 4) is 0 Å². The number of nitrogens with zero attached hydrogens (tertiary/aromatic N) is 4. The highest BCUT2D eigenvalue weighted by Crippen LogP contribution is 2.17. The molecule has 2 rings (SSSR count). The summed E-state index contributed by atoms with van der Waals surface area (Å²) >= 11 is 0. The van der Waals surface area contributed by atoms with E-state index in [1.165, 1.54) is 6.20 Å². The lowest BCUT2D eigenvalue weighted by Gasteiger charge is -2.06. The van der Waals surface area contributed by atoms with Crippen LogP contribution in [-0.2, 0) is 4.79 Å². The molecule has 5 heteroatoms. The molecule has 2 aliphatic rings. The Hall–Kier alpha value is -1.65. The molecule has 1 amide bonds. The van der Waals surface area contributed by atoms with Gasteiger partial charge in [-0.3, -0.25) is 4.79 Å². The summed E-state index contributed by atoms with van der Waals surface area (Å²) in [7, 11) is 0. The molecule has 0 aromatic carbocycles. The number of carbonyl (C=O) groups excluding carboxylic acids is 1. The number of unbranched alkanes of at least 4 members (excludes halogenated alkanes) is 2. The Morgan fingerprint density at radius 2 is 2.13 bits per heavy atom. The molecule has 0 aromatic heterocycles. The van der Waals surface area contributed by atoms with E-state index >= 15 is 0 Å². The van der Waals surface area contributed by atoms with Crippen molar-refractivity contribution in [3.05, 3.63) is 11.8 Å². The molecule has 0 spiro atoms. The molecule has 0 saturated heterocycles.